The third-order valence-electron chi connectivity index (χ3n) is 4.97. The molecule has 1 unspecified atom stereocenters. The summed E-state index contributed by atoms with van der Waals surface area (Å²) in [6.07, 6.45) is 2.94. The van der Waals surface area contributed by atoms with Gasteiger partial charge in [0.05, 0.1) is 6.54 Å². The smallest absolute Gasteiger partial charge is 0.178 e. The number of benzene rings is 1. The molecular weight excluding hydrogens is 310 g/mol. The van der Waals surface area contributed by atoms with Gasteiger partial charge in [-0.05, 0) is 38.5 Å². The van der Waals surface area contributed by atoms with E-state index in [-0.39, 0.29) is 5.78 Å². The van der Waals surface area contributed by atoms with Crippen molar-refractivity contribution in [1.82, 2.24) is 9.47 Å². The summed E-state index contributed by atoms with van der Waals surface area (Å²) in [5.74, 6) is 0.212. The van der Waals surface area contributed by atoms with E-state index >= 15 is 0 Å². The number of nitrogens with one attached hydrogen (secondary N) is 1. The van der Waals surface area contributed by atoms with Crippen molar-refractivity contribution in [1.29, 1.82) is 0 Å². The van der Waals surface area contributed by atoms with Crippen molar-refractivity contribution in [2.45, 2.75) is 32.9 Å². The first-order valence-electron chi connectivity index (χ1n) is 8.93. The predicted octanol–water partition coefficient (Wildman–Crippen LogP) is 3.66. The normalized spacial score (nSPS) is 17.6. The molecule has 1 fully saturated rings. The van der Waals surface area contributed by atoms with Crippen LogP contribution in [-0.4, -0.2) is 40.9 Å². The fourth-order valence-electron chi connectivity index (χ4n) is 3.65. The average Bonchev–Trinajstić information content (AvgIpc) is 3.15. The van der Waals surface area contributed by atoms with Crippen molar-refractivity contribution in [3.8, 4) is 0 Å². The fourth-order valence-corrected chi connectivity index (χ4v) is 3.65. The second kappa shape index (κ2) is 7.70. The Labute approximate surface area is 150 Å². The molecule has 4 heteroatoms. The molecule has 0 bridgehead atoms. The number of allylic oxidation sites excluding steroid dienone is 1. The summed E-state index contributed by atoms with van der Waals surface area (Å²) in [7, 11) is 0. The zero-order valence-electron chi connectivity index (χ0n) is 15.2. The minimum Gasteiger partial charge on any atom is -0.381 e. The van der Waals surface area contributed by atoms with Crippen LogP contribution in [-0.2, 0) is 6.54 Å². The molecule has 3 rings (SSSR count). The zero-order valence-corrected chi connectivity index (χ0v) is 15.2. The lowest BCUT2D eigenvalue weighted by Gasteiger charge is -2.17. The molecule has 2 aromatic rings. The highest BCUT2D eigenvalue weighted by Gasteiger charge is 2.25. The number of ketones is 1. The van der Waals surface area contributed by atoms with Gasteiger partial charge < -0.3 is 9.88 Å². The number of nitrogens with zero attached hydrogens (tertiary/aromatic N) is 2. The van der Waals surface area contributed by atoms with E-state index in [0.29, 0.717) is 12.6 Å². The summed E-state index contributed by atoms with van der Waals surface area (Å²) in [5, 5.41) is 3.56. The summed E-state index contributed by atoms with van der Waals surface area (Å²) in [5.41, 5.74) is 4.15. The third-order valence-corrected chi connectivity index (χ3v) is 4.97. The van der Waals surface area contributed by atoms with Crippen LogP contribution in [0.1, 0.15) is 28.2 Å². The van der Waals surface area contributed by atoms with E-state index in [1.165, 1.54) is 0 Å². The van der Waals surface area contributed by atoms with Crippen LogP contribution in [0, 0.1) is 13.8 Å². The zero-order chi connectivity index (χ0) is 17.8. The highest BCUT2D eigenvalue weighted by atomic mass is 16.1. The quantitative estimate of drug-likeness (QED) is 0.619. The first-order valence-corrected chi connectivity index (χ1v) is 8.93. The van der Waals surface area contributed by atoms with Crippen LogP contribution in [0.25, 0.3) is 0 Å². The Bertz CT molecular complexity index is 748. The van der Waals surface area contributed by atoms with Gasteiger partial charge in [0.1, 0.15) is 0 Å². The monoisotopic (exact) mass is 337 g/mol. The van der Waals surface area contributed by atoms with E-state index < -0.39 is 0 Å². The molecule has 0 saturated carbocycles. The van der Waals surface area contributed by atoms with E-state index in [1.54, 1.807) is 0 Å². The summed E-state index contributed by atoms with van der Waals surface area (Å²) in [6.45, 7) is 11.0. The van der Waals surface area contributed by atoms with Gasteiger partial charge in [0.25, 0.3) is 0 Å². The second-order valence-corrected chi connectivity index (χ2v) is 6.84. The molecule has 1 aliphatic heterocycles. The average molecular weight is 337 g/mol. The minimum atomic E-state index is 0.212. The van der Waals surface area contributed by atoms with Crippen molar-refractivity contribution in [3.05, 3.63) is 66.0 Å². The lowest BCUT2D eigenvalue weighted by Crippen LogP contribution is -2.30. The minimum absolute atomic E-state index is 0.212. The topological polar surface area (TPSA) is 37.3 Å². The summed E-state index contributed by atoms with van der Waals surface area (Å²) in [4.78, 5) is 15.0. The van der Waals surface area contributed by atoms with Crippen molar-refractivity contribution in [2.24, 2.45) is 0 Å². The van der Waals surface area contributed by atoms with E-state index in [1.807, 2.05) is 44.2 Å². The van der Waals surface area contributed by atoms with Gasteiger partial charge in [-0.25, -0.2) is 0 Å². The Morgan fingerprint density at radius 2 is 2.08 bits per heavy atom. The van der Waals surface area contributed by atoms with Gasteiger partial charge in [-0.1, -0.05) is 24.3 Å². The molecule has 132 valence electrons. The van der Waals surface area contributed by atoms with Crippen molar-refractivity contribution in [3.63, 3.8) is 0 Å². The SMILES string of the molecule is C=CCn1c(C)cc(C(=O)CN2CCC(Nc3ccccc3)C2)c1C. The van der Waals surface area contributed by atoms with Crippen LogP contribution >= 0.6 is 0 Å². The first kappa shape index (κ1) is 17.5. The van der Waals surface area contributed by atoms with Crippen molar-refractivity contribution in [2.75, 3.05) is 25.0 Å². The summed E-state index contributed by atoms with van der Waals surface area (Å²) in [6, 6.07) is 12.7. The van der Waals surface area contributed by atoms with Gasteiger partial charge >= 0.3 is 0 Å². The Hall–Kier alpha value is -2.33. The van der Waals surface area contributed by atoms with Gasteiger partial charge in [-0.15, -0.1) is 6.58 Å². The highest BCUT2D eigenvalue weighted by molar-refractivity contribution is 5.99. The third kappa shape index (κ3) is 4.02. The van der Waals surface area contributed by atoms with Gasteiger partial charge in [-0.2, -0.15) is 0 Å². The number of hydrogen-bond acceptors (Lipinski definition) is 3. The number of likely N-dealkylation sites (tertiary alicyclic amines) is 1. The molecule has 1 saturated heterocycles. The molecule has 0 spiro atoms. The lowest BCUT2D eigenvalue weighted by atomic mass is 10.1. The van der Waals surface area contributed by atoms with E-state index in [4.69, 9.17) is 0 Å². The molecule has 4 nitrogen and oxygen atoms in total. The molecule has 1 aliphatic rings. The number of anilines is 1. The van der Waals surface area contributed by atoms with Gasteiger partial charge in [-0.3, -0.25) is 9.69 Å². The summed E-state index contributed by atoms with van der Waals surface area (Å²) >= 11 is 0. The maximum atomic E-state index is 12.8. The van der Waals surface area contributed by atoms with E-state index in [2.05, 4.69) is 33.5 Å². The molecule has 0 aliphatic carbocycles. The Morgan fingerprint density at radius 3 is 2.80 bits per heavy atom. The summed E-state index contributed by atoms with van der Waals surface area (Å²) < 4.78 is 2.14. The Kier molecular flexibility index (Phi) is 5.39. The number of Topliss-reactive ketones (excluding diaryl/α,β-unsaturated/α-hetero) is 1. The molecule has 2 heterocycles. The predicted molar refractivity (Wildman–Crippen MR) is 103 cm³/mol. The maximum Gasteiger partial charge on any atom is 0.178 e. The van der Waals surface area contributed by atoms with Crippen LogP contribution in [0.3, 0.4) is 0 Å². The van der Waals surface area contributed by atoms with Crippen LogP contribution < -0.4 is 5.32 Å². The standard InChI is InChI=1S/C21H27N3O/c1-4-11-24-16(2)13-20(17(24)3)21(25)15-23-12-10-19(14-23)22-18-8-6-5-7-9-18/h4-9,13,19,22H,1,10-12,14-15H2,2-3H3. The van der Waals surface area contributed by atoms with Crippen LogP contribution in [0.15, 0.2) is 49.1 Å². The van der Waals surface area contributed by atoms with Crippen molar-refractivity contribution < 1.29 is 4.79 Å². The number of aromatic nitrogens is 1. The molecule has 1 aromatic heterocycles. The molecule has 0 amide bonds. The van der Waals surface area contributed by atoms with Crippen molar-refractivity contribution >= 4 is 11.5 Å². The molecular formula is C21H27N3O. The first-order chi connectivity index (χ1) is 12.1. The van der Waals surface area contributed by atoms with Crippen LogP contribution in [0.5, 0.6) is 0 Å². The number of para-hydroxylation sites is 1. The number of rotatable bonds is 7. The lowest BCUT2D eigenvalue weighted by molar-refractivity contribution is 0.0944. The highest BCUT2D eigenvalue weighted by Crippen LogP contribution is 2.19. The number of carbonyl (C=O) groups is 1. The van der Waals surface area contributed by atoms with E-state index in [0.717, 1.165) is 48.7 Å². The number of carbonyl (C=O) groups excluding carboxylic acids is 1. The van der Waals surface area contributed by atoms with E-state index in [9.17, 15) is 4.79 Å². The molecule has 0 radical (unpaired) electrons. The number of hydrogen-bond donors (Lipinski definition) is 1. The Morgan fingerprint density at radius 1 is 1.32 bits per heavy atom. The van der Waals surface area contributed by atoms with Gasteiger partial charge in [0, 0.05) is 48.3 Å². The molecule has 1 aromatic carbocycles. The van der Waals surface area contributed by atoms with Crippen LogP contribution in [0.2, 0.25) is 0 Å². The molecule has 25 heavy (non-hydrogen) atoms. The second-order valence-electron chi connectivity index (χ2n) is 6.84. The van der Waals surface area contributed by atoms with Crippen LogP contribution in [0.4, 0.5) is 5.69 Å². The van der Waals surface area contributed by atoms with Gasteiger partial charge in [0.2, 0.25) is 0 Å². The van der Waals surface area contributed by atoms with Gasteiger partial charge in [0.15, 0.2) is 5.78 Å². The molecule has 1 atom stereocenters. The fraction of sp³-hybridized carbons (Fsp3) is 0.381. The number of aryl methyl sites for hydroxylation is 1. The Balaban J connectivity index is 1.59. The molecule has 1 N–H and O–H groups in total. The largest absolute Gasteiger partial charge is 0.381 e. The maximum absolute atomic E-state index is 12.8.